The van der Waals surface area contributed by atoms with Crippen molar-refractivity contribution in [1.29, 1.82) is 0 Å². The molecule has 4 nitrogen and oxygen atoms in total. The Morgan fingerprint density at radius 3 is 2.67 bits per heavy atom. The van der Waals surface area contributed by atoms with Gasteiger partial charge in [-0.15, -0.1) is 0 Å². The van der Waals surface area contributed by atoms with E-state index in [1.54, 1.807) is 11.8 Å². The summed E-state index contributed by atoms with van der Waals surface area (Å²) in [6, 6.07) is 0. The quantitative estimate of drug-likeness (QED) is 0.540. The summed E-state index contributed by atoms with van der Waals surface area (Å²) in [5, 5.41) is 16.6. The minimum Gasteiger partial charge on any atom is -0.481 e. The van der Waals surface area contributed by atoms with Crippen LogP contribution in [-0.2, 0) is 9.53 Å². The fraction of sp³-hybridized carbons (Fsp3) is 0.857. The number of hydrogen-bond acceptors (Lipinski definition) is 4. The molecule has 0 atom stereocenters. The lowest BCUT2D eigenvalue weighted by Crippen LogP contribution is -2.03. The van der Waals surface area contributed by atoms with Crippen molar-refractivity contribution in [2.75, 3.05) is 31.3 Å². The molecule has 0 radical (unpaired) electrons. The molecule has 0 aliphatic heterocycles. The number of carboxylic acids is 1. The summed E-state index contributed by atoms with van der Waals surface area (Å²) < 4.78 is 4.97. The summed E-state index contributed by atoms with van der Waals surface area (Å²) in [6.45, 7) is 0.976. The number of carboxylic acid groups (broad SMARTS) is 1. The van der Waals surface area contributed by atoms with E-state index in [4.69, 9.17) is 14.9 Å². The van der Waals surface area contributed by atoms with E-state index in [-0.39, 0.29) is 13.0 Å². The SMILES string of the molecule is O=C(O)CCSCCOCCO. The third-order valence-corrected chi connectivity index (χ3v) is 2.02. The van der Waals surface area contributed by atoms with Crippen molar-refractivity contribution >= 4 is 17.7 Å². The van der Waals surface area contributed by atoms with Crippen LogP contribution in [0.1, 0.15) is 6.42 Å². The highest BCUT2D eigenvalue weighted by molar-refractivity contribution is 7.99. The molecule has 12 heavy (non-hydrogen) atoms. The van der Waals surface area contributed by atoms with Crippen LogP contribution in [0.25, 0.3) is 0 Å². The highest BCUT2D eigenvalue weighted by atomic mass is 32.2. The number of aliphatic hydroxyl groups is 1. The van der Waals surface area contributed by atoms with E-state index in [9.17, 15) is 4.79 Å². The topological polar surface area (TPSA) is 66.8 Å². The first-order valence-corrected chi connectivity index (χ1v) is 4.91. The van der Waals surface area contributed by atoms with Crippen molar-refractivity contribution in [3.8, 4) is 0 Å². The van der Waals surface area contributed by atoms with E-state index < -0.39 is 5.97 Å². The van der Waals surface area contributed by atoms with Gasteiger partial charge in [-0.3, -0.25) is 4.79 Å². The molecule has 0 spiro atoms. The minimum absolute atomic E-state index is 0.0415. The van der Waals surface area contributed by atoms with Crippen molar-refractivity contribution in [2.24, 2.45) is 0 Å². The molecule has 0 rings (SSSR count). The maximum Gasteiger partial charge on any atom is 0.304 e. The number of carbonyl (C=O) groups is 1. The second-order valence-electron chi connectivity index (χ2n) is 2.09. The summed E-state index contributed by atoms with van der Waals surface area (Å²) in [7, 11) is 0. The molecule has 0 saturated heterocycles. The number of aliphatic hydroxyl groups excluding tert-OH is 1. The van der Waals surface area contributed by atoms with Crippen LogP contribution in [-0.4, -0.2) is 47.5 Å². The zero-order chi connectivity index (χ0) is 9.23. The monoisotopic (exact) mass is 194 g/mol. The van der Waals surface area contributed by atoms with Crippen LogP contribution in [0.2, 0.25) is 0 Å². The molecule has 0 unspecified atom stereocenters. The molecule has 0 aromatic carbocycles. The summed E-state index contributed by atoms with van der Waals surface area (Å²) in [5.41, 5.74) is 0. The van der Waals surface area contributed by atoms with Crippen molar-refractivity contribution in [2.45, 2.75) is 6.42 Å². The molecule has 0 bridgehead atoms. The molecule has 5 heteroatoms. The molecule has 0 fully saturated rings. The molecular weight excluding hydrogens is 180 g/mol. The van der Waals surface area contributed by atoms with Gasteiger partial charge in [0.15, 0.2) is 0 Å². The first-order chi connectivity index (χ1) is 5.77. The van der Waals surface area contributed by atoms with Crippen molar-refractivity contribution in [1.82, 2.24) is 0 Å². The number of thioether (sulfide) groups is 1. The Kier molecular flexibility index (Phi) is 8.64. The predicted molar refractivity (Wildman–Crippen MR) is 47.5 cm³/mol. The Hall–Kier alpha value is -0.260. The predicted octanol–water partition coefficient (Wildman–Crippen LogP) is 0.203. The normalized spacial score (nSPS) is 10.1. The van der Waals surface area contributed by atoms with Crippen molar-refractivity contribution < 1.29 is 19.7 Å². The average molecular weight is 194 g/mol. The fourth-order valence-electron chi connectivity index (χ4n) is 0.546. The minimum atomic E-state index is -0.765. The first kappa shape index (κ1) is 11.7. The molecule has 0 amide bonds. The molecule has 72 valence electrons. The van der Waals surface area contributed by atoms with Gasteiger partial charge in [0, 0.05) is 11.5 Å². The van der Waals surface area contributed by atoms with Crippen molar-refractivity contribution in [3.63, 3.8) is 0 Å². The van der Waals surface area contributed by atoms with Gasteiger partial charge in [0.05, 0.1) is 26.2 Å². The van der Waals surface area contributed by atoms with Crippen LogP contribution in [0.3, 0.4) is 0 Å². The molecule has 0 aliphatic rings. The third kappa shape index (κ3) is 9.74. The maximum absolute atomic E-state index is 10.1. The van der Waals surface area contributed by atoms with Crippen LogP contribution in [0, 0.1) is 0 Å². The Bertz CT molecular complexity index is 118. The molecule has 0 heterocycles. The number of rotatable bonds is 8. The lowest BCUT2D eigenvalue weighted by atomic mass is 10.5. The van der Waals surface area contributed by atoms with Crippen LogP contribution in [0.4, 0.5) is 0 Å². The van der Waals surface area contributed by atoms with Gasteiger partial charge in [0.25, 0.3) is 0 Å². The Balaban J connectivity index is 2.86. The van der Waals surface area contributed by atoms with E-state index >= 15 is 0 Å². The second-order valence-corrected chi connectivity index (χ2v) is 3.32. The van der Waals surface area contributed by atoms with E-state index in [0.717, 1.165) is 5.75 Å². The lowest BCUT2D eigenvalue weighted by molar-refractivity contribution is -0.136. The standard InChI is InChI=1S/C7H14O4S/c8-2-3-11-4-6-12-5-1-7(9)10/h8H,1-6H2,(H,9,10). The first-order valence-electron chi connectivity index (χ1n) is 3.75. The summed E-state index contributed by atoms with van der Waals surface area (Å²) in [6.07, 6.45) is 0.199. The highest BCUT2D eigenvalue weighted by Crippen LogP contribution is 2.01. The Labute approximate surface area is 75.9 Å². The maximum atomic E-state index is 10.1. The van der Waals surface area contributed by atoms with Gasteiger partial charge >= 0.3 is 5.97 Å². The molecule has 0 aromatic heterocycles. The largest absolute Gasteiger partial charge is 0.481 e. The molecule has 2 N–H and O–H groups in total. The smallest absolute Gasteiger partial charge is 0.304 e. The van der Waals surface area contributed by atoms with Gasteiger partial charge in [-0.2, -0.15) is 11.8 Å². The number of ether oxygens (including phenoxy) is 1. The summed E-state index contributed by atoms with van der Waals surface area (Å²) in [5.74, 6) is 0.643. The Morgan fingerprint density at radius 1 is 1.33 bits per heavy atom. The van der Waals surface area contributed by atoms with Crippen LogP contribution >= 0.6 is 11.8 Å². The van der Waals surface area contributed by atoms with Gasteiger partial charge in [0.1, 0.15) is 0 Å². The van der Waals surface area contributed by atoms with Gasteiger partial charge in [-0.05, 0) is 0 Å². The number of aliphatic carboxylic acids is 1. The van der Waals surface area contributed by atoms with E-state index in [2.05, 4.69) is 0 Å². The highest BCUT2D eigenvalue weighted by Gasteiger charge is 1.95. The zero-order valence-corrected chi connectivity index (χ0v) is 7.68. The van der Waals surface area contributed by atoms with Crippen LogP contribution < -0.4 is 0 Å². The van der Waals surface area contributed by atoms with E-state index in [1.807, 2.05) is 0 Å². The number of hydrogen-bond donors (Lipinski definition) is 2. The van der Waals surface area contributed by atoms with E-state index in [0.29, 0.717) is 19.0 Å². The lowest BCUT2D eigenvalue weighted by Gasteiger charge is -2.00. The van der Waals surface area contributed by atoms with Gasteiger partial charge in [0.2, 0.25) is 0 Å². The van der Waals surface area contributed by atoms with Crippen molar-refractivity contribution in [3.05, 3.63) is 0 Å². The third-order valence-electron chi connectivity index (χ3n) is 1.07. The zero-order valence-electron chi connectivity index (χ0n) is 6.86. The molecular formula is C7H14O4S. The van der Waals surface area contributed by atoms with Gasteiger partial charge < -0.3 is 14.9 Å². The van der Waals surface area contributed by atoms with Crippen LogP contribution in [0.15, 0.2) is 0 Å². The van der Waals surface area contributed by atoms with Gasteiger partial charge in [-0.1, -0.05) is 0 Å². The van der Waals surface area contributed by atoms with Crippen LogP contribution in [0.5, 0.6) is 0 Å². The second kappa shape index (κ2) is 8.83. The average Bonchev–Trinajstić information content (AvgIpc) is 2.02. The fourth-order valence-corrected chi connectivity index (χ4v) is 1.30. The summed E-state index contributed by atoms with van der Waals surface area (Å²) >= 11 is 1.54. The van der Waals surface area contributed by atoms with Gasteiger partial charge in [-0.25, -0.2) is 0 Å². The molecule has 0 aromatic rings. The summed E-state index contributed by atoms with van der Waals surface area (Å²) in [4.78, 5) is 10.1. The molecule has 0 aliphatic carbocycles. The van der Waals surface area contributed by atoms with E-state index in [1.165, 1.54) is 0 Å². The molecule has 0 saturated carbocycles. The Morgan fingerprint density at radius 2 is 2.08 bits per heavy atom.